The quantitative estimate of drug-likeness (QED) is 0.323. The van der Waals surface area contributed by atoms with Crippen molar-refractivity contribution in [3.63, 3.8) is 0 Å². The molecule has 0 saturated carbocycles. The first-order valence-corrected chi connectivity index (χ1v) is 12.2. The van der Waals surface area contributed by atoms with Gasteiger partial charge in [0.05, 0.1) is 17.7 Å². The minimum absolute atomic E-state index is 0.0220. The van der Waals surface area contributed by atoms with Crippen LogP contribution >= 0.6 is 0 Å². The number of likely N-dealkylation sites (tertiary alicyclic amines) is 1. The zero-order chi connectivity index (χ0) is 25.9. The lowest BCUT2D eigenvalue weighted by Gasteiger charge is -2.27. The lowest BCUT2D eigenvalue weighted by atomic mass is 9.85. The molecule has 1 aliphatic rings. The van der Waals surface area contributed by atoms with E-state index in [1.54, 1.807) is 29.2 Å². The summed E-state index contributed by atoms with van der Waals surface area (Å²) < 4.78 is 5.69. The molecule has 0 aromatic heterocycles. The smallest absolute Gasteiger partial charge is 0.295 e. The largest absolute Gasteiger partial charge is 0.507 e. The molecule has 1 amide bonds. The van der Waals surface area contributed by atoms with Gasteiger partial charge in [-0.15, -0.1) is 0 Å². The Labute approximate surface area is 209 Å². The normalized spacial score (nSPS) is 18.1. The Morgan fingerprint density at radius 1 is 1.03 bits per heavy atom. The monoisotopic (exact) mass is 478 g/mol. The van der Waals surface area contributed by atoms with Crippen molar-refractivity contribution < 1.29 is 19.4 Å². The maximum absolute atomic E-state index is 13.2. The van der Waals surface area contributed by atoms with Crippen molar-refractivity contribution in [3.05, 3.63) is 70.8 Å². The average molecular weight is 479 g/mol. The second-order valence-electron chi connectivity index (χ2n) is 10.7. The van der Waals surface area contributed by atoms with E-state index in [1.165, 1.54) is 0 Å². The number of Topliss-reactive ketones (excluding diaryl/α,β-unsaturated/α-hetero) is 1. The fourth-order valence-electron chi connectivity index (χ4n) is 4.30. The van der Waals surface area contributed by atoms with E-state index in [2.05, 4.69) is 20.8 Å². The Morgan fingerprint density at radius 2 is 1.63 bits per heavy atom. The number of aliphatic hydroxyl groups excluding tert-OH is 1. The van der Waals surface area contributed by atoms with Gasteiger partial charge in [0.2, 0.25) is 0 Å². The zero-order valence-corrected chi connectivity index (χ0v) is 22.0. The van der Waals surface area contributed by atoms with Crippen molar-refractivity contribution in [2.24, 2.45) is 0 Å². The van der Waals surface area contributed by atoms with Crippen LogP contribution in [0.5, 0.6) is 5.75 Å². The lowest BCUT2D eigenvalue weighted by Crippen LogP contribution is -2.32. The fraction of sp³-hybridized carbons (Fsp3) is 0.448. The number of nitrogens with zero attached hydrogens (tertiary/aromatic N) is 2. The molecule has 1 aliphatic heterocycles. The Bertz CT molecular complexity index is 1080. The number of hydrogen-bond donors (Lipinski definition) is 1. The van der Waals surface area contributed by atoms with Crippen LogP contribution < -0.4 is 4.74 Å². The number of rotatable bonds is 8. The Kier molecular flexibility index (Phi) is 8.06. The molecule has 0 unspecified atom stereocenters. The standard InChI is InChI=1S/C29H38N2O4/c1-19(2)35-23-15-11-21(12-16-23)26(32)24-25(20-9-13-22(14-10-20)29(3,4)5)31(28(34)27(24)33)18-8-17-30(6)7/h9-16,19,25,32H,8,17-18H2,1-7H3/t25-/m0/s1. The lowest BCUT2D eigenvalue weighted by molar-refractivity contribution is -0.139. The molecule has 0 aliphatic carbocycles. The summed E-state index contributed by atoms with van der Waals surface area (Å²) in [6, 6.07) is 14.3. The number of carbonyl (C=O) groups is 2. The van der Waals surface area contributed by atoms with E-state index in [1.807, 2.05) is 57.1 Å². The molecular weight excluding hydrogens is 440 g/mol. The van der Waals surface area contributed by atoms with Crippen LogP contribution in [0.25, 0.3) is 5.76 Å². The summed E-state index contributed by atoms with van der Waals surface area (Å²) in [6.45, 7) is 11.5. The van der Waals surface area contributed by atoms with Crippen molar-refractivity contribution in [2.75, 3.05) is 27.2 Å². The minimum atomic E-state index is -0.653. The second-order valence-corrected chi connectivity index (χ2v) is 10.7. The predicted octanol–water partition coefficient (Wildman–Crippen LogP) is 5.14. The van der Waals surface area contributed by atoms with Gasteiger partial charge in [-0.3, -0.25) is 9.59 Å². The van der Waals surface area contributed by atoms with Gasteiger partial charge >= 0.3 is 0 Å². The molecule has 2 aromatic rings. The first kappa shape index (κ1) is 26.5. The van der Waals surface area contributed by atoms with Gasteiger partial charge in [0.1, 0.15) is 11.5 Å². The molecule has 1 fully saturated rings. The van der Waals surface area contributed by atoms with Crippen LogP contribution in [0.3, 0.4) is 0 Å². The van der Waals surface area contributed by atoms with Crippen molar-refractivity contribution in [1.29, 1.82) is 0 Å². The van der Waals surface area contributed by atoms with Crippen LogP contribution in [0.15, 0.2) is 54.1 Å². The predicted molar refractivity (Wildman–Crippen MR) is 140 cm³/mol. The molecule has 1 heterocycles. The molecule has 0 bridgehead atoms. The van der Waals surface area contributed by atoms with Crippen molar-refractivity contribution in [3.8, 4) is 5.75 Å². The maximum Gasteiger partial charge on any atom is 0.295 e. The molecule has 0 spiro atoms. The van der Waals surface area contributed by atoms with Gasteiger partial charge in [-0.25, -0.2) is 0 Å². The van der Waals surface area contributed by atoms with Crippen molar-refractivity contribution >= 4 is 17.4 Å². The van der Waals surface area contributed by atoms with Gasteiger partial charge in [-0.2, -0.15) is 0 Å². The third-order valence-electron chi connectivity index (χ3n) is 6.14. The van der Waals surface area contributed by atoms with Crippen LogP contribution in [-0.2, 0) is 15.0 Å². The average Bonchev–Trinajstić information content (AvgIpc) is 3.03. The van der Waals surface area contributed by atoms with E-state index in [-0.39, 0.29) is 22.9 Å². The summed E-state index contributed by atoms with van der Waals surface area (Å²) in [4.78, 5) is 30.0. The number of ether oxygens (including phenoxy) is 1. The summed E-state index contributed by atoms with van der Waals surface area (Å²) in [6.07, 6.45) is 0.746. The number of amides is 1. The van der Waals surface area contributed by atoms with E-state index in [4.69, 9.17) is 4.74 Å². The van der Waals surface area contributed by atoms with E-state index in [0.717, 1.165) is 24.1 Å². The Balaban J connectivity index is 2.06. The molecule has 6 heteroatoms. The van der Waals surface area contributed by atoms with Crippen molar-refractivity contribution in [2.45, 2.75) is 58.6 Å². The van der Waals surface area contributed by atoms with Gasteiger partial charge in [-0.1, -0.05) is 45.0 Å². The molecular formula is C29H38N2O4. The van der Waals surface area contributed by atoms with Crippen molar-refractivity contribution in [1.82, 2.24) is 9.80 Å². The number of benzene rings is 2. The highest BCUT2D eigenvalue weighted by molar-refractivity contribution is 6.46. The van der Waals surface area contributed by atoms with Crippen LogP contribution in [0, 0.1) is 0 Å². The van der Waals surface area contributed by atoms with E-state index < -0.39 is 17.7 Å². The van der Waals surface area contributed by atoms with E-state index in [0.29, 0.717) is 17.9 Å². The second kappa shape index (κ2) is 10.6. The van der Waals surface area contributed by atoms with E-state index >= 15 is 0 Å². The van der Waals surface area contributed by atoms with Crippen LogP contribution in [0.1, 0.15) is 63.8 Å². The number of carbonyl (C=O) groups excluding carboxylic acids is 2. The molecule has 188 valence electrons. The molecule has 1 saturated heterocycles. The number of hydrogen-bond acceptors (Lipinski definition) is 5. The van der Waals surface area contributed by atoms with Gasteiger partial charge in [-0.05, 0) is 81.7 Å². The number of ketones is 1. The molecule has 1 N–H and O–H groups in total. The topological polar surface area (TPSA) is 70.1 Å². The Hall–Kier alpha value is -3.12. The summed E-state index contributed by atoms with van der Waals surface area (Å²) >= 11 is 0. The fourth-order valence-corrected chi connectivity index (χ4v) is 4.30. The van der Waals surface area contributed by atoms with E-state index in [9.17, 15) is 14.7 Å². The summed E-state index contributed by atoms with van der Waals surface area (Å²) in [5.74, 6) is -0.718. The maximum atomic E-state index is 13.2. The van der Waals surface area contributed by atoms with Gasteiger partial charge in [0.15, 0.2) is 0 Å². The highest BCUT2D eigenvalue weighted by Crippen LogP contribution is 2.40. The first-order chi connectivity index (χ1) is 16.4. The summed E-state index contributed by atoms with van der Waals surface area (Å²) in [7, 11) is 3.95. The third-order valence-corrected chi connectivity index (χ3v) is 6.14. The third kappa shape index (κ3) is 6.12. The molecule has 2 aromatic carbocycles. The minimum Gasteiger partial charge on any atom is -0.507 e. The summed E-state index contributed by atoms with van der Waals surface area (Å²) in [5.41, 5.74) is 2.55. The van der Waals surface area contributed by atoms with Crippen LogP contribution in [-0.4, -0.2) is 59.9 Å². The van der Waals surface area contributed by atoms with Crippen LogP contribution in [0.4, 0.5) is 0 Å². The SMILES string of the molecule is CC(C)Oc1ccc(C(O)=C2C(=O)C(=O)N(CCCN(C)C)[C@H]2c2ccc(C(C)(C)C)cc2)cc1. The highest BCUT2D eigenvalue weighted by Gasteiger charge is 2.45. The van der Waals surface area contributed by atoms with Gasteiger partial charge in [0, 0.05) is 12.1 Å². The van der Waals surface area contributed by atoms with Gasteiger partial charge < -0.3 is 19.6 Å². The number of aliphatic hydroxyl groups is 1. The Morgan fingerprint density at radius 3 is 2.14 bits per heavy atom. The molecule has 3 rings (SSSR count). The first-order valence-electron chi connectivity index (χ1n) is 12.2. The van der Waals surface area contributed by atoms with Crippen LogP contribution in [0.2, 0.25) is 0 Å². The molecule has 0 radical (unpaired) electrons. The zero-order valence-electron chi connectivity index (χ0n) is 22.0. The molecule has 35 heavy (non-hydrogen) atoms. The molecule has 6 nitrogen and oxygen atoms in total. The molecule has 1 atom stereocenters. The van der Waals surface area contributed by atoms with Gasteiger partial charge in [0.25, 0.3) is 11.7 Å². The summed E-state index contributed by atoms with van der Waals surface area (Å²) in [5, 5.41) is 11.3. The highest BCUT2D eigenvalue weighted by atomic mass is 16.5.